The van der Waals surface area contributed by atoms with Crippen molar-refractivity contribution in [1.82, 2.24) is 10.1 Å². The summed E-state index contributed by atoms with van der Waals surface area (Å²) in [4.78, 5) is 13.9. The summed E-state index contributed by atoms with van der Waals surface area (Å²) < 4.78 is 18.2. The molecule has 0 spiro atoms. The Hall–Kier alpha value is -2.63. The Labute approximate surface area is 99.8 Å². The van der Waals surface area contributed by atoms with Gasteiger partial charge in [-0.2, -0.15) is 0 Å². The molecule has 5 nitrogen and oxygen atoms in total. The van der Waals surface area contributed by atoms with E-state index in [4.69, 9.17) is 9.63 Å². The molecule has 2 aromatic heterocycles. The van der Waals surface area contributed by atoms with Crippen LogP contribution in [0.4, 0.5) is 4.39 Å². The van der Waals surface area contributed by atoms with Crippen molar-refractivity contribution in [3.63, 3.8) is 0 Å². The van der Waals surface area contributed by atoms with Crippen LogP contribution >= 0.6 is 0 Å². The van der Waals surface area contributed by atoms with Crippen LogP contribution in [-0.4, -0.2) is 21.2 Å². The molecule has 0 unspecified atom stereocenters. The Balaban J connectivity index is 2.28. The number of nitrogens with zero attached hydrogens (tertiary/aromatic N) is 1. The first-order chi connectivity index (χ1) is 8.66. The summed E-state index contributed by atoms with van der Waals surface area (Å²) in [5.41, 5.74) is 1.11. The zero-order valence-electron chi connectivity index (χ0n) is 8.98. The van der Waals surface area contributed by atoms with Crippen molar-refractivity contribution in [1.29, 1.82) is 0 Å². The molecule has 1 aromatic carbocycles. The quantitative estimate of drug-likeness (QED) is 0.728. The largest absolute Gasteiger partial charge is 0.477 e. The summed E-state index contributed by atoms with van der Waals surface area (Å²) in [5.74, 6) is -1.43. The lowest BCUT2D eigenvalue weighted by Crippen LogP contribution is -1.95. The molecule has 0 atom stereocenters. The van der Waals surface area contributed by atoms with Crippen LogP contribution < -0.4 is 0 Å². The van der Waals surface area contributed by atoms with E-state index in [2.05, 4.69) is 10.1 Å². The van der Waals surface area contributed by atoms with Crippen molar-refractivity contribution < 1.29 is 18.8 Å². The molecule has 0 aliphatic heterocycles. The van der Waals surface area contributed by atoms with Crippen LogP contribution in [0.1, 0.15) is 10.4 Å². The van der Waals surface area contributed by atoms with Crippen molar-refractivity contribution in [3.05, 3.63) is 42.0 Å². The van der Waals surface area contributed by atoms with E-state index < -0.39 is 11.8 Å². The summed E-state index contributed by atoms with van der Waals surface area (Å²) in [6.07, 6.45) is 2.69. The zero-order valence-corrected chi connectivity index (χ0v) is 8.98. The van der Waals surface area contributed by atoms with E-state index in [0.717, 1.165) is 6.20 Å². The number of halogens is 1. The van der Waals surface area contributed by atoms with E-state index in [1.54, 1.807) is 12.3 Å². The normalized spacial score (nSPS) is 10.9. The number of hydrogen-bond acceptors (Lipinski definition) is 3. The lowest BCUT2D eigenvalue weighted by Gasteiger charge is -1.96. The second-order valence-corrected chi connectivity index (χ2v) is 3.77. The maximum Gasteiger partial charge on any atom is 0.341 e. The van der Waals surface area contributed by atoms with Crippen molar-refractivity contribution in [3.8, 4) is 11.3 Å². The molecular formula is C12H7FN2O3. The van der Waals surface area contributed by atoms with Crippen LogP contribution in [0.15, 0.2) is 35.1 Å². The van der Waals surface area contributed by atoms with Crippen LogP contribution in [0.5, 0.6) is 0 Å². The summed E-state index contributed by atoms with van der Waals surface area (Å²) in [7, 11) is 0. The van der Waals surface area contributed by atoms with E-state index in [-0.39, 0.29) is 11.3 Å². The van der Waals surface area contributed by atoms with Crippen LogP contribution in [0.2, 0.25) is 0 Å². The van der Waals surface area contributed by atoms with Gasteiger partial charge >= 0.3 is 5.97 Å². The minimum atomic E-state index is -1.14. The molecule has 3 rings (SSSR count). The highest BCUT2D eigenvalue weighted by Gasteiger charge is 2.19. The highest BCUT2D eigenvalue weighted by atomic mass is 19.1. The molecule has 18 heavy (non-hydrogen) atoms. The van der Waals surface area contributed by atoms with E-state index in [9.17, 15) is 9.18 Å². The van der Waals surface area contributed by atoms with Gasteiger partial charge in [0.2, 0.25) is 0 Å². The fourth-order valence-electron chi connectivity index (χ4n) is 1.87. The molecule has 0 saturated heterocycles. The molecule has 2 heterocycles. The number of H-pyrrole nitrogens is 1. The molecule has 6 heteroatoms. The molecule has 3 aromatic rings. The summed E-state index contributed by atoms with van der Waals surface area (Å²) in [6, 6.07) is 4.21. The van der Waals surface area contributed by atoms with Gasteiger partial charge in [0.1, 0.15) is 11.4 Å². The third-order valence-corrected chi connectivity index (χ3v) is 2.69. The first-order valence-corrected chi connectivity index (χ1v) is 5.12. The second kappa shape index (κ2) is 3.69. The van der Waals surface area contributed by atoms with E-state index in [1.807, 2.05) is 0 Å². The van der Waals surface area contributed by atoms with E-state index >= 15 is 0 Å². The number of nitrogens with one attached hydrogen (secondary N) is 1. The first kappa shape index (κ1) is 10.5. The van der Waals surface area contributed by atoms with E-state index in [0.29, 0.717) is 16.5 Å². The molecule has 0 fully saturated rings. The number of carboxylic acid groups (broad SMARTS) is 1. The number of hydrogen-bond donors (Lipinski definition) is 2. The Morgan fingerprint density at radius 1 is 1.44 bits per heavy atom. The minimum absolute atomic E-state index is 0.0554. The topological polar surface area (TPSA) is 79.1 Å². The first-order valence-electron chi connectivity index (χ1n) is 5.12. The van der Waals surface area contributed by atoms with Gasteiger partial charge < -0.3 is 14.6 Å². The number of fused-ring (bicyclic) bond motifs is 1. The van der Waals surface area contributed by atoms with Gasteiger partial charge in [0.05, 0.1) is 6.20 Å². The summed E-state index contributed by atoms with van der Waals surface area (Å²) in [6.45, 7) is 0. The number of benzene rings is 1. The lowest BCUT2D eigenvalue weighted by molar-refractivity contribution is 0.0697. The number of rotatable bonds is 2. The second-order valence-electron chi connectivity index (χ2n) is 3.77. The van der Waals surface area contributed by atoms with E-state index in [1.165, 1.54) is 12.1 Å². The van der Waals surface area contributed by atoms with Gasteiger partial charge in [-0.05, 0) is 18.2 Å². The van der Waals surface area contributed by atoms with Crippen molar-refractivity contribution in [2.75, 3.05) is 0 Å². The Morgan fingerprint density at radius 2 is 2.28 bits per heavy atom. The molecule has 0 amide bonds. The van der Waals surface area contributed by atoms with Gasteiger partial charge in [0.25, 0.3) is 0 Å². The van der Waals surface area contributed by atoms with Crippen LogP contribution in [-0.2, 0) is 0 Å². The van der Waals surface area contributed by atoms with Crippen molar-refractivity contribution in [2.24, 2.45) is 0 Å². The molecule has 0 bridgehead atoms. The summed E-state index contributed by atoms with van der Waals surface area (Å²) in [5, 5.41) is 13.0. The SMILES string of the molecule is O=C(O)c1cnoc1-c1c[nH]c2ccc(F)cc12. The molecule has 0 aliphatic carbocycles. The fourth-order valence-corrected chi connectivity index (χ4v) is 1.87. The lowest BCUT2D eigenvalue weighted by atomic mass is 10.1. The molecule has 0 radical (unpaired) electrons. The minimum Gasteiger partial charge on any atom is -0.477 e. The van der Waals surface area contributed by atoms with Gasteiger partial charge in [-0.3, -0.25) is 0 Å². The molecule has 0 saturated carbocycles. The number of aromatic carboxylic acids is 1. The molecule has 90 valence electrons. The average molecular weight is 246 g/mol. The smallest absolute Gasteiger partial charge is 0.341 e. The van der Waals surface area contributed by atoms with Crippen molar-refractivity contribution in [2.45, 2.75) is 0 Å². The number of carbonyl (C=O) groups is 1. The predicted octanol–water partition coefficient (Wildman–Crippen LogP) is 2.66. The van der Waals surface area contributed by atoms with Crippen LogP contribution in [0.25, 0.3) is 22.2 Å². The number of aromatic nitrogens is 2. The highest BCUT2D eigenvalue weighted by molar-refractivity contribution is 6.01. The molecular weight excluding hydrogens is 239 g/mol. The van der Waals surface area contributed by atoms with Crippen LogP contribution in [0, 0.1) is 5.82 Å². The maximum atomic E-state index is 13.2. The fraction of sp³-hybridized carbons (Fsp3) is 0. The Kier molecular flexibility index (Phi) is 2.16. The predicted molar refractivity (Wildman–Crippen MR) is 60.7 cm³/mol. The highest BCUT2D eigenvalue weighted by Crippen LogP contribution is 2.31. The van der Waals surface area contributed by atoms with Crippen LogP contribution in [0.3, 0.4) is 0 Å². The van der Waals surface area contributed by atoms with Gasteiger partial charge in [-0.15, -0.1) is 0 Å². The Morgan fingerprint density at radius 3 is 3.06 bits per heavy atom. The maximum absolute atomic E-state index is 13.2. The standard InChI is InChI=1S/C12H7FN2O3/c13-6-1-2-10-7(3-6)8(4-14-10)11-9(12(16)17)5-15-18-11/h1-5,14H,(H,16,17). The van der Waals surface area contributed by atoms with Crippen molar-refractivity contribution >= 4 is 16.9 Å². The third-order valence-electron chi connectivity index (χ3n) is 2.69. The van der Waals surface area contributed by atoms with Gasteiger partial charge in [-0.1, -0.05) is 5.16 Å². The van der Waals surface area contributed by atoms with Gasteiger partial charge in [0.15, 0.2) is 5.76 Å². The van der Waals surface area contributed by atoms with Gasteiger partial charge in [-0.25, -0.2) is 9.18 Å². The number of carboxylic acids is 1. The molecule has 0 aliphatic rings. The monoisotopic (exact) mass is 246 g/mol. The average Bonchev–Trinajstić information content (AvgIpc) is 2.92. The number of aromatic amines is 1. The molecule has 2 N–H and O–H groups in total. The Bertz CT molecular complexity index is 745. The van der Waals surface area contributed by atoms with Gasteiger partial charge in [0, 0.05) is 22.7 Å². The third kappa shape index (κ3) is 1.46. The summed E-state index contributed by atoms with van der Waals surface area (Å²) >= 11 is 0. The zero-order chi connectivity index (χ0) is 12.7.